The maximum absolute atomic E-state index is 14.4. The van der Waals surface area contributed by atoms with Crippen LogP contribution in [0.1, 0.15) is 41.1 Å². The average molecular weight is 470 g/mol. The van der Waals surface area contributed by atoms with E-state index in [2.05, 4.69) is 16.0 Å². The molecule has 1 heterocycles. The summed E-state index contributed by atoms with van der Waals surface area (Å²) in [7, 11) is 1.89. The van der Waals surface area contributed by atoms with Crippen molar-refractivity contribution in [2.75, 3.05) is 30.8 Å². The molecule has 4 rings (SSSR count). The Hall–Kier alpha value is -3.44. The van der Waals surface area contributed by atoms with Gasteiger partial charge in [0, 0.05) is 42.9 Å². The highest BCUT2D eigenvalue weighted by Crippen LogP contribution is 2.41. The number of benzene rings is 2. The Kier molecular flexibility index (Phi) is 6.61. The molecule has 0 radical (unpaired) electrons. The number of ether oxygens (including phenoxy) is 1. The van der Waals surface area contributed by atoms with Crippen molar-refractivity contribution in [3.8, 4) is 11.8 Å². The zero-order valence-electron chi connectivity index (χ0n) is 18.0. The predicted octanol–water partition coefficient (Wildman–Crippen LogP) is 4.85. The number of halogens is 3. The van der Waals surface area contributed by atoms with Gasteiger partial charge < -0.3 is 15.4 Å². The van der Waals surface area contributed by atoms with Gasteiger partial charge in [0.2, 0.25) is 5.28 Å². The average Bonchev–Trinajstić information content (AvgIpc) is 3.19. The minimum absolute atomic E-state index is 0.0830. The van der Waals surface area contributed by atoms with Gasteiger partial charge in [-0.25, -0.2) is 18.7 Å². The quantitative estimate of drug-likeness (QED) is 0.302. The van der Waals surface area contributed by atoms with E-state index in [-0.39, 0.29) is 11.2 Å². The summed E-state index contributed by atoms with van der Waals surface area (Å²) in [6, 6.07) is 10.6. The first kappa shape index (κ1) is 22.7. The van der Waals surface area contributed by atoms with Crippen LogP contribution in [0.15, 0.2) is 36.4 Å². The Labute approximate surface area is 195 Å². The number of fused-ring (bicyclic) bond motifs is 1. The fourth-order valence-corrected chi connectivity index (χ4v) is 4.33. The summed E-state index contributed by atoms with van der Waals surface area (Å²) in [6.45, 7) is 0.993. The second-order valence-electron chi connectivity index (χ2n) is 7.93. The fourth-order valence-electron chi connectivity index (χ4n) is 4.16. The molecule has 9 heteroatoms. The van der Waals surface area contributed by atoms with Crippen LogP contribution >= 0.6 is 11.6 Å². The molecule has 170 valence electrons. The Bertz CT molecular complexity index is 1230. The van der Waals surface area contributed by atoms with Gasteiger partial charge in [-0.15, -0.1) is 0 Å². The second kappa shape index (κ2) is 9.59. The molecule has 0 spiro atoms. The highest BCUT2D eigenvalue weighted by Gasteiger charge is 2.32. The molecule has 0 saturated heterocycles. The molecule has 3 aromatic rings. The van der Waals surface area contributed by atoms with E-state index in [1.165, 1.54) is 12.1 Å². The number of nitriles is 1. The summed E-state index contributed by atoms with van der Waals surface area (Å²) >= 11 is 6.21. The minimum atomic E-state index is -0.613. The van der Waals surface area contributed by atoms with Crippen LogP contribution in [0.3, 0.4) is 0 Å². The summed E-state index contributed by atoms with van der Waals surface area (Å²) in [5, 5.41) is 9.29. The van der Waals surface area contributed by atoms with Crippen LogP contribution in [-0.2, 0) is 6.42 Å². The molecule has 1 aliphatic carbocycles. The third-order valence-corrected chi connectivity index (χ3v) is 5.89. The van der Waals surface area contributed by atoms with Crippen molar-refractivity contribution >= 4 is 23.1 Å². The number of nitrogen functional groups attached to an aromatic ring is 1. The molecule has 0 fully saturated rings. The summed E-state index contributed by atoms with van der Waals surface area (Å²) < 4.78 is 33.5. The second-order valence-corrected chi connectivity index (χ2v) is 8.27. The molecule has 1 aliphatic rings. The van der Waals surface area contributed by atoms with Crippen LogP contribution < -0.4 is 15.4 Å². The Morgan fingerprint density at radius 2 is 2.06 bits per heavy atom. The molecular weight excluding hydrogens is 448 g/mol. The Balaban J connectivity index is 1.47. The minimum Gasteiger partial charge on any atom is -0.492 e. The molecule has 0 saturated carbocycles. The van der Waals surface area contributed by atoms with Crippen LogP contribution in [0.2, 0.25) is 5.28 Å². The first-order valence-corrected chi connectivity index (χ1v) is 10.9. The normalized spacial score (nSPS) is 14.6. The number of hydrogen-bond acceptors (Lipinski definition) is 6. The third kappa shape index (κ3) is 4.83. The molecule has 2 N–H and O–H groups in total. The monoisotopic (exact) mass is 469 g/mol. The largest absolute Gasteiger partial charge is 0.492 e. The van der Waals surface area contributed by atoms with E-state index in [0.717, 1.165) is 11.6 Å². The molecule has 1 atom stereocenters. The highest BCUT2D eigenvalue weighted by molar-refractivity contribution is 6.28. The lowest BCUT2D eigenvalue weighted by Gasteiger charge is -2.22. The van der Waals surface area contributed by atoms with Crippen molar-refractivity contribution in [3.63, 3.8) is 0 Å². The van der Waals surface area contributed by atoms with Crippen LogP contribution in [0, 0.1) is 23.0 Å². The van der Waals surface area contributed by atoms with Crippen molar-refractivity contribution in [3.05, 3.63) is 75.7 Å². The van der Waals surface area contributed by atoms with E-state index >= 15 is 0 Å². The van der Waals surface area contributed by atoms with Crippen molar-refractivity contribution in [1.82, 2.24) is 9.97 Å². The first-order chi connectivity index (χ1) is 15.9. The van der Waals surface area contributed by atoms with Crippen LogP contribution in [0.25, 0.3) is 0 Å². The number of nitrogens with zero attached hydrogens (tertiary/aromatic N) is 4. The van der Waals surface area contributed by atoms with Gasteiger partial charge in [0.1, 0.15) is 29.3 Å². The SMILES string of the molecule is CN(CCCOc1cc(N)ccc1C#N)c1nc(Cl)nc2c1CCC2c1ccc(F)cc1F. The van der Waals surface area contributed by atoms with Gasteiger partial charge in [-0.05, 0) is 54.6 Å². The van der Waals surface area contributed by atoms with E-state index in [1.807, 2.05) is 11.9 Å². The standard InChI is InChI=1S/C24H22ClF2N5O/c1-32(9-2-10-33-21-12-16(29)5-3-14(21)13-28)23-19-8-7-18(22(19)30-24(25)31-23)17-6-4-15(26)11-20(17)27/h3-6,11-12,18H,2,7-10,29H2,1H3. The number of nitrogens with two attached hydrogens (primary N) is 1. The zero-order valence-corrected chi connectivity index (χ0v) is 18.7. The van der Waals surface area contributed by atoms with E-state index in [4.69, 9.17) is 22.1 Å². The molecule has 6 nitrogen and oxygen atoms in total. The van der Waals surface area contributed by atoms with Gasteiger partial charge in [-0.1, -0.05) is 6.07 Å². The van der Waals surface area contributed by atoms with E-state index in [1.54, 1.807) is 18.2 Å². The number of hydrogen-bond donors (Lipinski definition) is 1. The molecule has 0 amide bonds. The maximum Gasteiger partial charge on any atom is 0.224 e. The lowest BCUT2D eigenvalue weighted by molar-refractivity contribution is 0.312. The van der Waals surface area contributed by atoms with Gasteiger partial charge in [0.15, 0.2) is 0 Å². The van der Waals surface area contributed by atoms with E-state index in [0.29, 0.717) is 66.5 Å². The van der Waals surface area contributed by atoms with E-state index < -0.39 is 11.6 Å². The fraction of sp³-hybridized carbons (Fsp3) is 0.292. The predicted molar refractivity (Wildman–Crippen MR) is 123 cm³/mol. The molecule has 0 aliphatic heterocycles. The molecule has 2 aromatic carbocycles. The smallest absolute Gasteiger partial charge is 0.224 e. The lowest BCUT2D eigenvalue weighted by Crippen LogP contribution is -2.23. The number of aromatic nitrogens is 2. The summed E-state index contributed by atoms with van der Waals surface area (Å²) in [5.41, 5.74) is 8.73. The summed E-state index contributed by atoms with van der Waals surface area (Å²) in [6.07, 6.45) is 1.96. The highest BCUT2D eigenvalue weighted by atomic mass is 35.5. The third-order valence-electron chi connectivity index (χ3n) is 5.72. The van der Waals surface area contributed by atoms with Crippen molar-refractivity contribution < 1.29 is 13.5 Å². The number of anilines is 2. The first-order valence-electron chi connectivity index (χ1n) is 10.5. The van der Waals surface area contributed by atoms with Crippen molar-refractivity contribution in [2.24, 2.45) is 0 Å². The van der Waals surface area contributed by atoms with Gasteiger partial charge >= 0.3 is 0 Å². The van der Waals surface area contributed by atoms with Gasteiger partial charge in [0.05, 0.1) is 17.9 Å². The van der Waals surface area contributed by atoms with Crippen LogP contribution in [0.4, 0.5) is 20.3 Å². The summed E-state index contributed by atoms with van der Waals surface area (Å²) in [5.74, 6) is -0.359. The lowest BCUT2D eigenvalue weighted by atomic mass is 9.96. The molecule has 0 bridgehead atoms. The molecule has 33 heavy (non-hydrogen) atoms. The maximum atomic E-state index is 14.4. The molecule has 1 unspecified atom stereocenters. The van der Waals surface area contributed by atoms with Crippen LogP contribution in [-0.4, -0.2) is 30.2 Å². The molecule has 1 aromatic heterocycles. The zero-order chi connectivity index (χ0) is 23.5. The van der Waals surface area contributed by atoms with Gasteiger partial charge in [0.25, 0.3) is 0 Å². The number of rotatable bonds is 7. The van der Waals surface area contributed by atoms with Gasteiger partial charge in [-0.3, -0.25) is 0 Å². The Morgan fingerprint density at radius 1 is 1.24 bits per heavy atom. The molecular formula is C24H22ClF2N5O. The van der Waals surface area contributed by atoms with Crippen molar-refractivity contribution in [2.45, 2.75) is 25.2 Å². The van der Waals surface area contributed by atoms with E-state index in [9.17, 15) is 14.0 Å². The van der Waals surface area contributed by atoms with Crippen LogP contribution in [0.5, 0.6) is 5.75 Å². The summed E-state index contributed by atoms with van der Waals surface area (Å²) in [4.78, 5) is 10.8. The topological polar surface area (TPSA) is 88.1 Å². The van der Waals surface area contributed by atoms with Gasteiger partial charge in [-0.2, -0.15) is 5.26 Å². The Morgan fingerprint density at radius 3 is 2.82 bits per heavy atom. The van der Waals surface area contributed by atoms with Crippen molar-refractivity contribution in [1.29, 1.82) is 5.26 Å².